The zero-order chi connectivity index (χ0) is 9.71. The van der Waals surface area contributed by atoms with Gasteiger partial charge in [-0.2, -0.15) is 0 Å². The highest BCUT2D eigenvalue weighted by atomic mass is 16.2. The summed E-state index contributed by atoms with van der Waals surface area (Å²) >= 11 is 0. The number of rotatable bonds is 0. The van der Waals surface area contributed by atoms with Crippen molar-refractivity contribution in [3.05, 3.63) is 0 Å². The first-order chi connectivity index (χ1) is 6.72. The molecule has 2 saturated heterocycles. The van der Waals surface area contributed by atoms with E-state index < -0.39 is 0 Å². The number of amides is 4. The first-order valence-corrected chi connectivity index (χ1v) is 4.86. The van der Waals surface area contributed by atoms with E-state index in [2.05, 4.69) is 21.3 Å². The van der Waals surface area contributed by atoms with Crippen LogP contribution in [0.1, 0.15) is 12.8 Å². The summed E-state index contributed by atoms with van der Waals surface area (Å²) in [4.78, 5) is 22.1. The predicted octanol–water partition coefficient (Wildman–Crippen LogP) is -1.12. The summed E-state index contributed by atoms with van der Waals surface area (Å²) in [5, 5.41) is 11.4. The molecule has 4 atom stereocenters. The standard InChI is InChI=1S/C8H12N4O2/c13-7-9-3-1-4-6(2-5(3)11-7)12-8(14)10-4/h3-6H,1-2H2,(H2,9,11,13)(H2,10,12,14). The van der Waals surface area contributed by atoms with E-state index in [1.807, 2.05) is 0 Å². The summed E-state index contributed by atoms with van der Waals surface area (Å²) in [7, 11) is 0. The molecule has 4 N–H and O–H groups in total. The molecule has 2 aliphatic heterocycles. The number of carbonyl (C=O) groups is 2. The van der Waals surface area contributed by atoms with Gasteiger partial charge in [0.1, 0.15) is 0 Å². The molecule has 4 amide bonds. The second-order valence-corrected chi connectivity index (χ2v) is 4.13. The first kappa shape index (κ1) is 7.90. The quantitative estimate of drug-likeness (QED) is 0.396. The van der Waals surface area contributed by atoms with Gasteiger partial charge in [-0.15, -0.1) is 0 Å². The Bertz CT molecular complexity index is 252. The Morgan fingerprint density at radius 3 is 1.29 bits per heavy atom. The summed E-state index contributed by atoms with van der Waals surface area (Å²) < 4.78 is 0. The van der Waals surface area contributed by atoms with Gasteiger partial charge in [0, 0.05) is 0 Å². The average Bonchev–Trinajstić information content (AvgIpc) is 2.59. The van der Waals surface area contributed by atoms with Crippen LogP contribution in [0.25, 0.3) is 0 Å². The molecule has 0 aromatic carbocycles. The minimum absolute atomic E-state index is 0.0914. The molecule has 0 bridgehead atoms. The lowest BCUT2D eigenvalue weighted by molar-refractivity contribution is 0.246. The van der Waals surface area contributed by atoms with Crippen LogP contribution in [0.3, 0.4) is 0 Å². The predicted molar refractivity (Wildman–Crippen MR) is 47.7 cm³/mol. The second kappa shape index (κ2) is 2.52. The van der Waals surface area contributed by atoms with Crippen molar-refractivity contribution < 1.29 is 9.59 Å². The molecule has 3 rings (SSSR count). The third-order valence-corrected chi connectivity index (χ3v) is 3.25. The molecule has 1 aliphatic carbocycles. The molecule has 3 fully saturated rings. The van der Waals surface area contributed by atoms with Crippen LogP contribution in [0.5, 0.6) is 0 Å². The fourth-order valence-electron chi connectivity index (χ4n) is 2.60. The van der Waals surface area contributed by atoms with Gasteiger partial charge in [0.15, 0.2) is 0 Å². The monoisotopic (exact) mass is 196 g/mol. The van der Waals surface area contributed by atoms with E-state index in [1.54, 1.807) is 0 Å². The first-order valence-electron chi connectivity index (χ1n) is 4.86. The molecule has 76 valence electrons. The van der Waals surface area contributed by atoms with Crippen molar-refractivity contribution in [1.82, 2.24) is 21.3 Å². The minimum atomic E-state index is -0.0914. The number of urea groups is 2. The average molecular weight is 196 g/mol. The van der Waals surface area contributed by atoms with Crippen LogP contribution in [0.2, 0.25) is 0 Å². The van der Waals surface area contributed by atoms with Crippen LogP contribution in [0.4, 0.5) is 9.59 Å². The van der Waals surface area contributed by atoms with Crippen molar-refractivity contribution in [3.8, 4) is 0 Å². The number of fused-ring (bicyclic) bond motifs is 2. The number of hydrogen-bond donors (Lipinski definition) is 4. The van der Waals surface area contributed by atoms with Gasteiger partial charge in [-0.1, -0.05) is 0 Å². The summed E-state index contributed by atoms with van der Waals surface area (Å²) in [6, 6.07) is 0.499. The lowest BCUT2D eigenvalue weighted by Gasteiger charge is -2.32. The lowest BCUT2D eigenvalue weighted by atomic mass is 9.85. The Balaban J connectivity index is 1.77. The topological polar surface area (TPSA) is 82.3 Å². The van der Waals surface area contributed by atoms with Gasteiger partial charge in [-0.05, 0) is 12.8 Å². The van der Waals surface area contributed by atoms with Gasteiger partial charge in [-0.25, -0.2) is 9.59 Å². The van der Waals surface area contributed by atoms with E-state index >= 15 is 0 Å². The Morgan fingerprint density at radius 1 is 0.714 bits per heavy atom. The molecule has 0 aromatic heterocycles. The highest BCUT2D eigenvalue weighted by Gasteiger charge is 2.45. The van der Waals surface area contributed by atoms with Gasteiger partial charge in [0.25, 0.3) is 0 Å². The van der Waals surface area contributed by atoms with Crippen LogP contribution in [0.15, 0.2) is 0 Å². The molecule has 2 heterocycles. The maximum atomic E-state index is 11.1. The smallest absolute Gasteiger partial charge is 0.315 e. The van der Waals surface area contributed by atoms with Crippen LogP contribution >= 0.6 is 0 Å². The summed E-state index contributed by atoms with van der Waals surface area (Å²) in [6.45, 7) is 0. The van der Waals surface area contributed by atoms with Gasteiger partial charge in [0.2, 0.25) is 0 Å². The SMILES string of the molecule is O=C1NC2CC3NC(=O)NC3CC2N1. The van der Waals surface area contributed by atoms with Gasteiger partial charge < -0.3 is 21.3 Å². The molecule has 6 nitrogen and oxygen atoms in total. The van der Waals surface area contributed by atoms with Crippen molar-refractivity contribution in [2.24, 2.45) is 0 Å². The molecule has 4 unspecified atom stereocenters. The molecule has 1 saturated carbocycles. The van der Waals surface area contributed by atoms with E-state index in [1.165, 1.54) is 0 Å². The van der Waals surface area contributed by atoms with Crippen LogP contribution in [-0.4, -0.2) is 36.2 Å². The maximum Gasteiger partial charge on any atom is 0.315 e. The Labute approximate surface area is 80.8 Å². The van der Waals surface area contributed by atoms with Crippen LogP contribution in [0, 0.1) is 0 Å². The maximum absolute atomic E-state index is 11.1. The molecule has 14 heavy (non-hydrogen) atoms. The van der Waals surface area contributed by atoms with Gasteiger partial charge >= 0.3 is 12.1 Å². The summed E-state index contributed by atoms with van der Waals surface area (Å²) in [5.74, 6) is 0. The van der Waals surface area contributed by atoms with E-state index in [9.17, 15) is 9.59 Å². The normalized spacial score (nSPS) is 44.3. The highest BCUT2D eigenvalue weighted by molar-refractivity contribution is 5.79. The summed E-state index contributed by atoms with van der Waals surface area (Å²) in [6.07, 6.45) is 1.62. The van der Waals surface area contributed by atoms with Crippen molar-refractivity contribution >= 4 is 12.1 Å². The van der Waals surface area contributed by atoms with Gasteiger partial charge in [0.05, 0.1) is 24.2 Å². The van der Waals surface area contributed by atoms with E-state index in [0.717, 1.165) is 12.8 Å². The van der Waals surface area contributed by atoms with E-state index in [4.69, 9.17) is 0 Å². The Kier molecular flexibility index (Phi) is 1.42. The van der Waals surface area contributed by atoms with Gasteiger partial charge in [-0.3, -0.25) is 0 Å². The fourth-order valence-corrected chi connectivity index (χ4v) is 2.60. The van der Waals surface area contributed by atoms with Crippen molar-refractivity contribution in [2.45, 2.75) is 37.0 Å². The molecule has 0 radical (unpaired) electrons. The van der Waals surface area contributed by atoms with Crippen molar-refractivity contribution in [3.63, 3.8) is 0 Å². The molecular weight excluding hydrogens is 184 g/mol. The van der Waals surface area contributed by atoms with Crippen LogP contribution in [-0.2, 0) is 0 Å². The second-order valence-electron chi connectivity index (χ2n) is 4.13. The third-order valence-electron chi connectivity index (χ3n) is 3.25. The largest absolute Gasteiger partial charge is 0.333 e. The third kappa shape index (κ3) is 1.03. The Morgan fingerprint density at radius 2 is 1.00 bits per heavy atom. The van der Waals surface area contributed by atoms with Crippen molar-refractivity contribution in [1.29, 1.82) is 0 Å². The molecular formula is C8H12N4O2. The number of hydrogen-bond acceptors (Lipinski definition) is 2. The van der Waals surface area contributed by atoms with E-state index in [0.29, 0.717) is 0 Å². The molecule has 6 heteroatoms. The lowest BCUT2D eigenvalue weighted by Crippen LogP contribution is -2.51. The number of carbonyl (C=O) groups excluding carboxylic acids is 2. The molecule has 3 aliphatic rings. The minimum Gasteiger partial charge on any atom is -0.333 e. The van der Waals surface area contributed by atoms with Crippen LogP contribution < -0.4 is 21.3 Å². The van der Waals surface area contributed by atoms with E-state index in [-0.39, 0.29) is 36.2 Å². The van der Waals surface area contributed by atoms with Crippen molar-refractivity contribution in [2.75, 3.05) is 0 Å². The molecule has 0 aromatic rings. The fraction of sp³-hybridized carbons (Fsp3) is 0.750. The molecule has 0 spiro atoms. The zero-order valence-electron chi connectivity index (χ0n) is 7.54. The summed E-state index contributed by atoms with van der Waals surface area (Å²) in [5.41, 5.74) is 0. The highest BCUT2D eigenvalue weighted by Crippen LogP contribution is 2.25. The number of nitrogens with one attached hydrogen (secondary N) is 4. The Hall–Kier alpha value is -1.46. The zero-order valence-corrected chi connectivity index (χ0v) is 7.54.